The number of nitrogens with zero attached hydrogens (tertiary/aromatic N) is 1. The normalized spacial score (nSPS) is 24.3. The van der Waals surface area contributed by atoms with E-state index in [9.17, 15) is 0 Å². The molecular formula is C14H23NS. The van der Waals surface area contributed by atoms with E-state index in [0.29, 0.717) is 6.04 Å². The van der Waals surface area contributed by atoms with Crippen LogP contribution in [0.4, 0.5) is 0 Å². The van der Waals surface area contributed by atoms with Crippen molar-refractivity contribution >= 4 is 17.4 Å². The summed E-state index contributed by atoms with van der Waals surface area (Å²) in [5.41, 5.74) is 0. The number of thiocarbonyl (C=S) groups is 1. The Morgan fingerprint density at radius 3 is 1.62 bits per heavy atom. The summed E-state index contributed by atoms with van der Waals surface area (Å²) in [5.74, 6) is 1.62. The summed E-state index contributed by atoms with van der Waals surface area (Å²) in [7, 11) is 0. The first-order valence-electron chi connectivity index (χ1n) is 6.99. The molecule has 0 heterocycles. The van der Waals surface area contributed by atoms with Crippen LogP contribution in [0, 0.1) is 11.8 Å². The topological polar surface area (TPSA) is 12.4 Å². The van der Waals surface area contributed by atoms with Gasteiger partial charge in [-0.3, -0.25) is 0 Å². The van der Waals surface area contributed by atoms with Gasteiger partial charge in [0.25, 0.3) is 0 Å². The SMILES string of the molecule is S=C=NC(C1CCCCC1)C1CCCCC1. The van der Waals surface area contributed by atoms with Gasteiger partial charge in [-0.25, -0.2) is 4.99 Å². The smallest absolute Gasteiger partial charge is 0.0659 e. The Morgan fingerprint density at radius 2 is 1.25 bits per heavy atom. The Hall–Kier alpha value is -0.200. The lowest BCUT2D eigenvalue weighted by molar-refractivity contribution is 0.207. The molecule has 0 aliphatic heterocycles. The summed E-state index contributed by atoms with van der Waals surface area (Å²) in [5, 5.41) is 2.67. The highest BCUT2D eigenvalue weighted by Gasteiger charge is 2.30. The molecule has 2 fully saturated rings. The molecule has 0 bridgehead atoms. The first kappa shape index (κ1) is 12.3. The lowest BCUT2D eigenvalue weighted by Crippen LogP contribution is -2.30. The average Bonchev–Trinajstić information content (AvgIpc) is 2.38. The maximum atomic E-state index is 4.85. The van der Waals surface area contributed by atoms with E-state index in [-0.39, 0.29) is 0 Å². The van der Waals surface area contributed by atoms with Crippen molar-refractivity contribution in [3.63, 3.8) is 0 Å². The van der Waals surface area contributed by atoms with Crippen molar-refractivity contribution in [1.29, 1.82) is 0 Å². The van der Waals surface area contributed by atoms with Crippen LogP contribution in [-0.4, -0.2) is 11.2 Å². The van der Waals surface area contributed by atoms with E-state index in [1.165, 1.54) is 64.2 Å². The van der Waals surface area contributed by atoms with Crippen LogP contribution in [0.1, 0.15) is 64.2 Å². The van der Waals surface area contributed by atoms with Gasteiger partial charge in [-0.05, 0) is 49.7 Å². The molecule has 2 saturated carbocycles. The van der Waals surface area contributed by atoms with Crippen molar-refractivity contribution in [2.24, 2.45) is 16.8 Å². The molecule has 0 saturated heterocycles. The zero-order chi connectivity index (χ0) is 11.2. The van der Waals surface area contributed by atoms with E-state index in [1.54, 1.807) is 0 Å². The van der Waals surface area contributed by atoms with E-state index in [0.717, 1.165) is 11.8 Å². The summed E-state index contributed by atoms with van der Waals surface area (Å²) in [6.45, 7) is 0. The van der Waals surface area contributed by atoms with Crippen LogP contribution in [-0.2, 0) is 0 Å². The fraction of sp³-hybridized carbons (Fsp3) is 0.929. The molecule has 0 aromatic heterocycles. The van der Waals surface area contributed by atoms with Gasteiger partial charge in [0.1, 0.15) is 0 Å². The predicted molar refractivity (Wildman–Crippen MR) is 72.0 cm³/mol. The lowest BCUT2D eigenvalue weighted by atomic mass is 9.74. The van der Waals surface area contributed by atoms with Crippen molar-refractivity contribution in [1.82, 2.24) is 0 Å². The minimum Gasteiger partial charge on any atom is -0.229 e. The van der Waals surface area contributed by atoms with Gasteiger partial charge in [0.15, 0.2) is 0 Å². The zero-order valence-electron chi connectivity index (χ0n) is 10.2. The molecule has 90 valence electrons. The summed E-state index contributed by atoms with van der Waals surface area (Å²) >= 11 is 4.85. The van der Waals surface area contributed by atoms with Crippen LogP contribution in [0.5, 0.6) is 0 Å². The average molecular weight is 237 g/mol. The molecule has 0 aromatic carbocycles. The van der Waals surface area contributed by atoms with Crippen molar-refractivity contribution in [3.05, 3.63) is 0 Å². The van der Waals surface area contributed by atoms with Gasteiger partial charge in [0, 0.05) is 0 Å². The van der Waals surface area contributed by atoms with Crippen molar-refractivity contribution in [3.8, 4) is 0 Å². The molecule has 0 spiro atoms. The second-order valence-corrected chi connectivity index (χ2v) is 5.69. The molecular weight excluding hydrogens is 214 g/mol. The molecule has 2 aliphatic rings. The van der Waals surface area contributed by atoms with E-state index in [4.69, 9.17) is 12.2 Å². The quantitative estimate of drug-likeness (QED) is 0.515. The molecule has 0 unspecified atom stereocenters. The third kappa shape index (κ3) is 3.15. The van der Waals surface area contributed by atoms with Crippen molar-refractivity contribution in [2.75, 3.05) is 0 Å². The molecule has 0 radical (unpaired) electrons. The standard InChI is InChI=1S/C14H23NS/c16-11-15-14(12-7-3-1-4-8-12)13-9-5-2-6-10-13/h12-14H,1-10H2. The van der Waals surface area contributed by atoms with Gasteiger partial charge in [-0.1, -0.05) is 38.5 Å². The Kier molecular flexibility index (Phi) is 4.99. The molecule has 2 heteroatoms. The molecule has 16 heavy (non-hydrogen) atoms. The van der Waals surface area contributed by atoms with Crippen molar-refractivity contribution in [2.45, 2.75) is 70.3 Å². The minimum atomic E-state index is 0.512. The monoisotopic (exact) mass is 237 g/mol. The van der Waals surface area contributed by atoms with Gasteiger partial charge in [0.2, 0.25) is 0 Å². The van der Waals surface area contributed by atoms with Crippen LogP contribution in [0.25, 0.3) is 0 Å². The summed E-state index contributed by atoms with van der Waals surface area (Å²) < 4.78 is 0. The van der Waals surface area contributed by atoms with Crippen LogP contribution in [0.2, 0.25) is 0 Å². The number of hydrogen-bond acceptors (Lipinski definition) is 2. The molecule has 0 amide bonds. The molecule has 0 atom stereocenters. The second kappa shape index (κ2) is 6.51. The van der Waals surface area contributed by atoms with Crippen LogP contribution >= 0.6 is 12.2 Å². The Labute approximate surface area is 105 Å². The van der Waals surface area contributed by atoms with E-state index in [1.807, 2.05) is 0 Å². The largest absolute Gasteiger partial charge is 0.229 e. The van der Waals surface area contributed by atoms with E-state index in [2.05, 4.69) is 10.2 Å². The third-order valence-electron chi connectivity index (χ3n) is 4.47. The summed E-state index contributed by atoms with van der Waals surface area (Å²) in [6, 6.07) is 0.512. The molecule has 2 rings (SSSR count). The Balaban J connectivity index is 1.99. The molecule has 0 N–H and O–H groups in total. The van der Waals surface area contributed by atoms with Gasteiger partial charge >= 0.3 is 0 Å². The molecule has 2 aliphatic carbocycles. The van der Waals surface area contributed by atoms with Gasteiger partial charge in [-0.2, -0.15) is 0 Å². The molecule has 0 aromatic rings. The predicted octanol–water partition coefficient (Wildman–Crippen LogP) is 4.62. The maximum Gasteiger partial charge on any atom is 0.0659 e. The number of aliphatic imine (C=N–C) groups is 1. The van der Waals surface area contributed by atoms with Crippen LogP contribution in [0.3, 0.4) is 0 Å². The number of isothiocyanates is 1. The first-order chi connectivity index (χ1) is 7.92. The van der Waals surface area contributed by atoms with E-state index >= 15 is 0 Å². The highest BCUT2D eigenvalue weighted by atomic mass is 32.1. The van der Waals surface area contributed by atoms with Crippen LogP contribution < -0.4 is 0 Å². The fourth-order valence-electron chi connectivity index (χ4n) is 3.61. The minimum absolute atomic E-state index is 0.512. The number of hydrogen-bond donors (Lipinski definition) is 0. The fourth-order valence-corrected chi connectivity index (χ4v) is 3.73. The lowest BCUT2D eigenvalue weighted by Gasteiger charge is -2.34. The number of rotatable bonds is 3. The molecule has 1 nitrogen and oxygen atoms in total. The van der Waals surface area contributed by atoms with Gasteiger partial charge in [-0.15, -0.1) is 0 Å². The van der Waals surface area contributed by atoms with Gasteiger partial charge in [0.05, 0.1) is 11.2 Å². The maximum absolute atomic E-state index is 4.85. The van der Waals surface area contributed by atoms with Gasteiger partial charge < -0.3 is 0 Å². The van der Waals surface area contributed by atoms with E-state index < -0.39 is 0 Å². The van der Waals surface area contributed by atoms with Crippen molar-refractivity contribution < 1.29 is 0 Å². The summed E-state index contributed by atoms with van der Waals surface area (Å²) in [6.07, 6.45) is 14.0. The third-order valence-corrected chi connectivity index (χ3v) is 4.57. The second-order valence-electron chi connectivity index (χ2n) is 5.51. The van der Waals surface area contributed by atoms with Crippen LogP contribution in [0.15, 0.2) is 4.99 Å². The Morgan fingerprint density at radius 1 is 0.812 bits per heavy atom. The first-order valence-corrected chi connectivity index (χ1v) is 7.39. The zero-order valence-corrected chi connectivity index (χ0v) is 11.0. The Bertz CT molecular complexity index is 227. The highest BCUT2D eigenvalue weighted by molar-refractivity contribution is 7.78. The summed E-state index contributed by atoms with van der Waals surface area (Å²) in [4.78, 5) is 4.54. The highest BCUT2D eigenvalue weighted by Crippen LogP contribution is 2.37.